The fourth-order valence-corrected chi connectivity index (χ4v) is 7.27. The molecule has 0 saturated heterocycles. The smallest absolute Gasteiger partial charge is 0.164 e. The third-order valence-corrected chi connectivity index (χ3v) is 9.34. The lowest BCUT2D eigenvalue weighted by Gasteiger charge is -2.13. The van der Waals surface area contributed by atoms with Crippen molar-refractivity contribution >= 4 is 32.6 Å². The molecule has 10 rings (SSSR count). The second-order valence-corrected chi connectivity index (χ2v) is 12.1. The molecule has 1 aliphatic carbocycles. The van der Waals surface area contributed by atoms with Crippen LogP contribution in [0.3, 0.4) is 0 Å². The average Bonchev–Trinajstić information content (AvgIpc) is 3.65. The Balaban J connectivity index is 1.26. The van der Waals surface area contributed by atoms with Crippen molar-refractivity contribution in [3.8, 4) is 62.1 Å². The number of hydrogen-bond donors (Lipinski definition) is 0. The van der Waals surface area contributed by atoms with Crippen molar-refractivity contribution in [2.75, 3.05) is 0 Å². The van der Waals surface area contributed by atoms with E-state index in [1.165, 1.54) is 49.4 Å². The molecule has 0 amide bonds. The molecule has 9 aromatic rings. The highest BCUT2D eigenvalue weighted by molar-refractivity contribution is 6.18. The van der Waals surface area contributed by atoms with E-state index in [1.807, 2.05) is 60.7 Å². The van der Waals surface area contributed by atoms with Crippen molar-refractivity contribution in [3.63, 3.8) is 0 Å². The van der Waals surface area contributed by atoms with Crippen molar-refractivity contribution < 1.29 is 0 Å². The fraction of sp³-hybridized carbons (Fsp3) is 0. The van der Waals surface area contributed by atoms with Gasteiger partial charge in [0.05, 0.1) is 11.0 Å². The minimum Gasteiger partial charge on any atom is -0.309 e. The van der Waals surface area contributed by atoms with E-state index in [-0.39, 0.29) is 0 Å². The Morgan fingerprint density at radius 1 is 0.362 bits per heavy atom. The molecule has 218 valence electrons. The van der Waals surface area contributed by atoms with Crippen molar-refractivity contribution in [3.05, 3.63) is 158 Å². The zero-order valence-corrected chi connectivity index (χ0v) is 25.3. The molecule has 47 heavy (non-hydrogen) atoms. The molecule has 0 atom stereocenters. The van der Waals surface area contributed by atoms with Gasteiger partial charge in [0.1, 0.15) is 0 Å². The van der Waals surface area contributed by atoms with Crippen LogP contribution in [0, 0.1) is 0 Å². The fourth-order valence-electron chi connectivity index (χ4n) is 7.27. The Morgan fingerprint density at radius 2 is 0.830 bits per heavy atom. The highest BCUT2D eigenvalue weighted by atomic mass is 15.0. The zero-order chi connectivity index (χ0) is 30.9. The molecule has 4 heteroatoms. The lowest BCUT2D eigenvalue weighted by Crippen LogP contribution is -2.00. The lowest BCUT2D eigenvalue weighted by molar-refractivity contribution is 1.07. The number of nitrogens with zero attached hydrogens (tertiary/aromatic N) is 4. The summed E-state index contributed by atoms with van der Waals surface area (Å²) in [4.78, 5) is 15.1. The molecule has 0 radical (unpaired) electrons. The summed E-state index contributed by atoms with van der Waals surface area (Å²) in [6, 6.07) is 55.6. The minimum atomic E-state index is 0.657. The highest BCUT2D eigenvalue weighted by Crippen LogP contribution is 2.50. The molecule has 2 aromatic heterocycles. The van der Waals surface area contributed by atoms with Gasteiger partial charge < -0.3 is 4.57 Å². The van der Waals surface area contributed by atoms with Crippen LogP contribution in [0.15, 0.2) is 158 Å². The predicted molar refractivity (Wildman–Crippen MR) is 192 cm³/mol. The van der Waals surface area contributed by atoms with Crippen LogP contribution >= 0.6 is 0 Å². The summed E-state index contributed by atoms with van der Waals surface area (Å²) in [5.74, 6) is 1.97. The van der Waals surface area contributed by atoms with Gasteiger partial charge >= 0.3 is 0 Å². The van der Waals surface area contributed by atoms with E-state index >= 15 is 0 Å². The molecule has 0 N–H and O–H groups in total. The van der Waals surface area contributed by atoms with Gasteiger partial charge in [-0.1, -0.05) is 121 Å². The first-order valence-electron chi connectivity index (χ1n) is 15.9. The number of hydrogen-bond acceptors (Lipinski definition) is 3. The number of fused-ring (bicyclic) bond motifs is 6. The van der Waals surface area contributed by atoms with Crippen LogP contribution in [0.1, 0.15) is 0 Å². The molecule has 1 aliphatic rings. The van der Waals surface area contributed by atoms with Gasteiger partial charge in [-0.2, -0.15) is 0 Å². The first-order valence-corrected chi connectivity index (χ1v) is 15.9. The van der Waals surface area contributed by atoms with Crippen molar-refractivity contribution in [2.45, 2.75) is 0 Å². The molecule has 4 nitrogen and oxygen atoms in total. The molecule has 0 bridgehead atoms. The van der Waals surface area contributed by atoms with E-state index in [0.717, 1.165) is 27.8 Å². The summed E-state index contributed by atoms with van der Waals surface area (Å²) < 4.78 is 2.40. The summed E-state index contributed by atoms with van der Waals surface area (Å²) in [5.41, 5.74) is 11.3. The van der Waals surface area contributed by atoms with E-state index in [1.54, 1.807) is 0 Å². The number of aromatic nitrogens is 4. The molecule has 2 heterocycles. The molecule has 0 fully saturated rings. The molecule has 7 aromatic carbocycles. The summed E-state index contributed by atoms with van der Waals surface area (Å²) >= 11 is 0. The molecule has 0 saturated carbocycles. The van der Waals surface area contributed by atoms with Gasteiger partial charge in [0.2, 0.25) is 0 Å². The maximum Gasteiger partial charge on any atom is 0.164 e. The second-order valence-electron chi connectivity index (χ2n) is 12.1. The Labute approximate surface area is 271 Å². The first-order chi connectivity index (χ1) is 23.3. The van der Waals surface area contributed by atoms with Gasteiger partial charge in [-0.3, -0.25) is 0 Å². The van der Waals surface area contributed by atoms with Crippen LogP contribution in [0.2, 0.25) is 0 Å². The molecule has 0 unspecified atom stereocenters. The van der Waals surface area contributed by atoms with Crippen LogP contribution < -0.4 is 0 Å². The topological polar surface area (TPSA) is 43.6 Å². The van der Waals surface area contributed by atoms with E-state index < -0.39 is 0 Å². The quantitative estimate of drug-likeness (QED) is 0.202. The molecule has 0 spiro atoms. The van der Waals surface area contributed by atoms with Crippen molar-refractivity contribution in [1.82, 2.24) is 19.5 Å². The predicted octanol–water partition coefficient (Wildman–Crippen LogP) is 10.8. The second kappa shape index (κ2) is 10.1. The van der Waals surface area contributed by atoms with Gasteiger partial charge in [0.15, 0.2) is 17.5 Å². The van der Waals surface area contributed by atoms with Crippen LogP contribution in [0.5, 0.6) is 0 Å². The summed E-state index contributed by atoms with van der Waals surface area (Å²) in [6.07, 6.45) is 0. The van der Waals surface area contributed by atoms with Crippen LogP contribution in [0.25, 0.3) is 94.7 Å². The normalized spacial score (nSPS) is 11.8. The van der Waals surface area contributed by atoms with Crippen molar-refractivity contribution in [1.29, 1.82) is 0 Å². The van der Waals surface area contributed by atoms with E-state index in [9.17, 15) is 0 Å². The number of para-hydroxylation sites is 2. The average molecular weight is 599 g/mol. The monoisotopic (exact) mass is 598 g/mol. The summed E-state index contributed by atoms with van der Waals surface area (Å²) in [6.45, 7) is 0. The first kappa shape index (κ1) is 25.9. The van der Waals surface area contributed by atoms with Crippen LogP contribution in [-0.4, -0.2) is 19.5 Å². The lowest BCUT2D eigenvalue weighted by atomic mass is 9.98. The van der Waals surface area contributed by atoms with E-state index in [4.69, 9.17) is 15.0 Å². The van der Waals surface area contributed by atoms with Gasteiger partial charge in [0, 0.05) is 33.2 Å². The molecular weight excluding hydrogens is 573 g/mol. The summed E-state index contributed by atoms with van der Waals surface area (Å²) in [5, 5.41) is 4.93. The Morgan fingerprint density at radius 3 is 1.40 bits per heavy atom. The van der Waals surface area contributed by atoms with E-state index in [0.29, 0.717) is 17.5 Å². The molecule has 0 aliphatic heterocycles. The van der Waals surface area contributed by atoms with Crippen LogP contribution in [-0.2, 0) is 0 Å². The van der Waals surface area contributed by atoms with Gasteiger partial charge in [0.25, 0.3) is 0 Å². The zero-order valence-electron chi connectivity index (χ0n) is 25.3. The third-order valence-electron chi connectivity index (χ3n) is 9.34. The van der Waals surface area contributed by atoms with Gasteiger partial charge in [-0.15, -0.1) is 0 Å². The minimum absolute atomic E-state index is 0.657. The van der Waals surface area contributed by atoms with Crippen LogP contribution in [0.4, 0.5) is 0 Å². The number of benzene rings is 7. The standard InChI is InChI=1S/C43H26N4/c1-3-13-27(14-4-1)41-44-42(28-15-5-2-6-16-28)46-43(45-41)30-23-29-24-31(26-37-33-18-8-7-17-32(33)36(25-30)40(29)37)47-38-21-11-9-19-34(38)35-20-10-12-22-39(35)47/h1-26H. The SMILES string of the molecule is c1ccc(-c2nc(-c3ccccc3)nc(-c3cc4c5c(cc(-n6c7ccccc7c7ccccc76)cc5c3)-c3ccccc3-4)n2)cc1. The summed E-state index contributed by atoms with van der Waals surface area (Å²) in [7, 11) is 0. The Hall–Kier alpha value is -6.39. The Kier molecular flexibility index (Phi) is 5.54. The van der Waals surface area contributed by atoms with Gasteiger partial charge in [-0.25, -0.2) is 15.0 Å². The Bertz CT molecular complexity index is 2560. The van der Waals surface area contributed by atoms with Crippen molar-refractivity contribution in [2.24, 2.45) is 0 Å². The molecular formula is C43H26N4. The van der Waals surface area contributed by atoms with Gasteiger partial charge in [-0.05, 0) is 69.4 Å². The van der Waals surface area contributed by atoms with E-state index in [2.05, 4.69) is 102 Å². The third kappa shape index (κ3) is 3.98. The maximum absolute atomic E-state index is 5.08. The highest BCUT2D eigenvalue weighted by Gasteiger charge is 2.25. The maximum atomic E-state index is 5.08. The number of rotatable bonds is 4. The largest absolute Gasteiger partial charge is 0.309 e.